The van der Waals surface area contributed by atoms with Gasteiger partial charge < -0.3 is 9.67 Å². The van der Waals surface area contributed by atoms with Crippen LogP contribution < -0.4 is 0 Å². The maximum absolute atomic E-state index is 9.60. The maximum atomic E-state index is 9.60. The monoisotopic (exact) mass is 285 g/mol. The van der Waals surface area contributed by atoms with Gasteiger partial charge in [0.25, 0.3) is 0 Å². The van der Waals surface area contributed by atoms with Crippen LogP contribution in [-0.4, -0.2) is 9.67 Å². The molecule has 0 aliphatic rings. The van der Waals surface area contributed by atoms with Crippen molar-refractivity contribution >= 4 is 22.5 Å². The molecule has 0 aliphatic carbocycles. The summed E-state index contributed by atoms with van der Waals surface area (Å²) in [6, 6.07) is 16.1. The molecule has 0 amide bonds. The topological polar surface area (TPSA) is 25.2 Å². The van der Waals surface area contributed by atoms with Crippen molar-refractivity contribution in [2.75, 3.05) is 0 Å². The third kappa shape index (κ3) is 2.21. The molecule has 20 heavy (non-hydrogen) atoms. The number of para-hydroxylation sites is 1. The van der Waals surface area contributed by atoms with Gasteiger partial charge >= 0.3 is 0 Å². The fraction of sp³-hybridized carbons (Fsp3) is 0.176. The van der Waals surface area contributed by atoms with Crippen LogP contribution in [0.3, 0.4) is 0 Å². The Morgan fingerprint density at radius 2 is 1.75 bits per heavy atom. The Hall–Kier alpha value is -1.77. The molecule has 0 saturated carbocycles. The molecule has 0 radical (unpaired) electrons. The highest BCUT2D eigenvalue weighted by Gasteiger charge is 2.12. The summed E-state index contributed by atoms with van der Waals surface area (Å²) in [6.07, 6.45) is 0. The first-order valence-electron chi connectivity index (χ1n) is 6.62. The molecule has 3 rings (SSSR count). The number of aliphatic hydroxyl groups excluding tert-OH is 1. The lowest BCUT2D eigenvalue weighted by Gasteiger charge is -2.09. The molecule has 0 atom stereocenters. The normalized spacial score (nSPS) is 11.2. The predicted molar refractivity (Wildman–Crippen MR) is 83.2 cm³/mol. The fourth-order valence-corrected chi connectivity index (χ4v) is 2.80. The molecular formula is C17H16ClNO. The van der Waals surface area contributed by atoms with Crippen LogP contribution in [0.2, 0.25) is 5.02 Å². The van der Waals surface area contributed by atoms with E-state index >= 15 is 0 Å². The molecule has 0 unspecified atom stereocenters. The fourth-order valence-electron chi connectivity index (χ4n) is 2.68. The minimum absolute atomic E-state index is 0.0694. The first-order valence-corrected chi connectivity index (χ1v) is 7.00. The van der Waals surface area contributed by atoms with Crippen molar-refractivity contribution in [3.8, 4) is 0 Å². The van der Waals surface area contributed by atoms with E-state index in [-0.39, 0.29) is 6.61 Å². The van der Waals surface area contributed by atoms with E-state index in [2.05, 4.69) is 23.6 Å². The average molecular weight is 286 g/mol. The first-order chi connectivity index (χ1) is 9.70. The SMILES string of the molecule is Cc1c(CO)c2ccccc2n1Cc1ccc(Cl)cc1. The van der Waals surface area contributed by atoms with Crippen LogP contribution >= 0.6 is 11.6 Å². The molecule has 0 aliphatic heterocycles. The van der Waals surface area contributed by atoms with E-state index in [0.29, 0.717) is 0 Å². The second-order valence-electron chi connectivity index (χ2n) is 4.95. The van der Waals surface area contributed by atoms with Crippen molar-refractivity contribution in [2.24, 2.45) is 0 Å². The minimum Gasteiger partial charge on any atom is -0.392 e. The molecule has 3 heteroatoms. The summed E-state index contributed by atoms with van der Waals surface area (Å²) in [4.78, 5) is 0. The largest absolute Gasteiger partial charge is 0.392 e. The van der Waals surface area contributed by atoms with E-state index < -0.39 is 0 Å². The summed E-state index contributed by atoms with van der Waals surface area (Å²) in [7, 11) is 0. The molecule has 1 aromatic heterocycles. The molecule has 0 fully saturated rings. The van der Waals surface area contributed by atoms with Gasteiger partial charge in [-0.1, -0.05) is 41.9 Å². The lowest BCUT2D eigenvalue weighted by atomic mass is 10.1. The predicted octanol–water partition coefficient (Wildman–Crippen LogP) is 4.14. The number of halogens is 1. The Morgan fingerprint density at radius 1 is 1.05 bits per heavy atom. The van der Waals surface area contributed by atoms with Crippen LogP contribution in [0.25, 0.3) is 10.9 Å². The Morgan fingerprint density at radius 3 is 2.45 bits per heavy atom. The van der Waals surface area contributed by atoms with Gasteiger partial charge in [0.15, 0.2) is 0 Å². The summed E-state index contributed by atoms with van der Waals surface area (Å²) in [5.74, 6) is 0. The number of benzene rings is 2. The molecular weight excluding hydrogens is 270 g/mol. The minimum atomic E-state index is 0.0694. The highest BCUT2D eigenvalue weighted by Crippen LogP contribution is 2.26. The highest BCUT2D eigenvalue weighted by molar-refractivity contribution is 6.30. The molecule has 0 spiro atoms. The van der Waals surface area contributed by atoms with Gasteiger partial charge in [-0.25, -0.2) is 0 Å². The van der Waals surface area contributed by atoms with Crippen molar-refractivity contribution < 1.29 is 5.11 Å². The van der Waals surface area contributed by atoms with E-state index in [0.717, 1.165) is 33.7 Å². The summed E-state index contributed by atoms with van der Waals surface area (Å²) in [5, 5.41) is 11.5. The van der Waals surface area contributed by atoms with Gasteiger partial charge in [0.2, 0.25) is 0 Å². The quantitative estimate of drug-likeness (QED) is 0.768. The second kappa shape index (κ2) is 5.31. The van der Waals surface area contributed by atoms with E-state index in [1.165, 1.54) is 5.56 Å². The number of nitrogens with zero attached hydrogens (tertiary/aromatic N) is 1. The van der Waals surface area contributed by atoms with Gasteiger partial charge in [-0.3, -0.25) is 0 Å². The van der Waals surface area contributed by atoms with Gasteiger partial charge in [-0.05, 0) is 30.7 Å². The van der Waals surface area contributed by atoms with Gasteiger partial charge in [-0.2, -0.15) is 0 Å². The van der Waals surface area contributed by atoms with Crippen LogP contribution in [0.1, 0.15) is 16.8 Å². The molecule has 1 N–H and O–H groups in total. The lowest BCUT2D eigenvalue weighted by molar-refractivity contribution is 0.282. The number of rotatable bonds is 3. The maximum Gasteiger partial charge on any atom is 0.0705 e. The van der Waals surface area contributed by atoms with E-state index in [4.69, 9.17) is 11.6 Å². The first kappa shape index (κ1) is 13.2. The Balaban J connectivity index is 2.11. The number of hydrogen-bond acceptors (Lipinski definition) is 1. The number of hydrogen-bond donors (Lipinski definition) is 1. The Labute approximate surface area is 123 Å². The zero-order valence-electron chi connectivity index (χ0n) is 11.3. The molecule has 102 valence electrons. The smallest absolute Gasteiger partial charge is 0.0705 e. The van der Waals surface area contributed by atoms with Crippen molar-refractivity contribution in [1.29, 1.82) is 0 Å². The molecule has 0 saturated heterocycles. The molecule has 0 bridgehead atoms. The number of aliphatic hydroxyl groups is 1. The Bertz CT molecular complexity index is 744. The number of fused-ring (bicyclic) bond motifs is 1. The van der Waals surface area contributed by atoms with Crippen LogP contribution in [0, 0.1) is 6.92 Å². The second-order valence-corrected chi connectivity index (χ2v) is 5.39. The molecule has 3 aromatic rings. The zero-order chi connectivity index (χ0) is 14.1. The van der Waals surface area contributed by atoms with E-state index in [9.17, 15) is 5.11 Å². The molecule has 1 heterocycles. The van der Waals surface area contributed by atoms with Gasteiger partial charge in [-0.15, -0.1) is 0 Å². The van der Waals surface area contributed by atoms with Crippen molar-refractivity contribution in [3.05, 3.63) is 70.4 Å². The number of aromatic nitrogens is 1. The standard InChI is InChI=1S/C17H16ClNO/c1-12-16(11-20)15-4-2-3-5-17(15)19(12)10-13-6-8-14(18)9-7-13/h2-9,20H,10-11H2,1H3. The van der Waals surface area contributed by atoms with Crippen LogP contribution in [-0.2, 0) is 13.2 Å². The summed E-state index contributed by atoms with van der Waals surface area (Å²) in [6.45, 7) is 2.91. The highest BCUT2D eigenvalue weighted by atomic mass is 35.5. The molecule has 2 aromatic carbocycles. The van der Waals surface area contributed by atoms with E-state index in [1.54, 1.807) is 0 Å². The molecule has 2 nitrogen and oxygen atoms in total. The zero-order valence-corrected chi connectivity index (χ0v) is 12.1. The van der Waals surface area contributed by atoms with Crippen molar-refractivity contribution in [2.45, 2.75) is 20.1 Å². The van der Waals surface area contributed by atoms with Crippen LogP contribution in [0.15, 0.2) is 48.5 Å². The Kier molecular flexibility index (Phi) is 3.51. The van der Waals surface area contributed by atoms with Crippen molar-refractivity contribution in [3.63, 3.8) is 0 Å². The summed E-state index contributed by atoms with van der Waals surface area (Å²) >= 11 is 5.93. The summed E-state index contributed by atoms with van der Waals surface area (Å²) in [5.41, 5.74) is 4.48. The van der Waals surface area contributed by atoms with Gasteiger partial charge in [0, 0.05) is 33.7 Å². The van der Waals surface area contributed by atoms with Gasteiger partial charge in [0.05, 0.1) is 6.61 Å². The lowest BCUT2D eigenvalue weighted by Crippen LogP contribution is -2.02. The van der Waals surface area contributed by atoms with Crippen molar-refractivity contribution in [1.82, 2.24) is 4.57 Å². The summed E-state index contributed by atoms with van der Waals surface area (Å²) < 4.78 is 2.24. The van der Waals surface area contributed by atoms with Crippen LogP contribution in [0.4, 0.5) is 0 Å². The third-order valence-corrected chi connectivity index (χ3v) is 4.03. The average Bonchev–Trinajstić information content (AvgIpc) is 2.74. The van der Waals surface area contributed by atoms with E-state index in [1.807, 2.05) is 36.4 Å². The van der Waals surface area contributed by atoms with Crippen LogP contribution in [0.5, 0.6) is 0 Å². The van der Waals surface area contributed by atoms with Gasteiger partial charge in [0.1, 0.15) is 0 Å². The third-order valence-electron chi connectivity index (χ3n) is 3.77.